The zero-order chi connectivity index (χ0) is 20.4. The molecular weight excluding hydrogens is 404 g/mol. The number of halogens is 1. The summed E-state index contributed by atoms with van der Waals surface area (Å²) in [5.41, 5.74) is 4.72. The Labute approximate surface area is 179 Å². The Bertz CT molecular complexity index is 1020. The lowest BCUT2D eigenvalue weighted by Crippen LogP contribution is -2.23. The number of aromatic nitrogens is 2. The number of nitrogens with zero attached hydrogens (tertiary/aromatic N) is 3. The van der Waals surface area contributed by atoms with Crippen LogP contribution in [0.5, 0.6) is 0 Å². The van der Waals surface area contributed by atoms with Crippen molar-refractivity contribution in [3.05, 3.63) is 75.0 Å². The molecule has 2 aromatic heterocycles. The summed E-state index contributed by atoms with van der Waals surface area (Å²) in [5.74, 6) is -0.133. The third kappa shape index (κ3) is 4.66. The van der Waals surface area contributed by atoms with E-state index in [4.69, 9.17) is 16.6 Å². The second-order valence-corrected chi connectivity index (χ2v) is 8.64. The van der Waals surface area contributed by atoms with Gasteiger partial charge < -0.3 is 0 Å². The number of thiazole rings is 1. The molecule has 1 N–H and O–H groups in total. The molecule has 0 spiro atoms. The highest BCUT2D eigenvalue weighted by atomic mass is 35.5. The molecule has 3 heterocycles. The summed E-state index contributed by atoms with van der Waals surface area (Å²) in [6.45, 7) is 5.69. The number of rotatable bonds is 5. The number of hydrogen-bond acceptors (Lipinski definition) is 5. The average molecular weight is 427 g/mol. The lowest BCUT2D eigenvalue weighted by molar-refractivity contribution is 0.102. The lowest BCUT2D eigenvalue weighted by Gasteiger charge is -2.23. The third-order valence-corrected chi connectivity index (χ3v) is 6.30. The van der Waals surface area contributed by atoms with E-state index in [1.165, 1.54) is 11.3 Å². The zero-order valence-electron chi connectivity index (χ0n) is 16.5. The molecule has 0 aliphatic carbocycles. The summed E-state index contributed by atoms with van der Waals surface area (Å²) in [6, 6.07) is 11.8. The van der Waals surface area contributed by atoms with E-state index in [1.54, 1.807) is 0 Å². The normalized spacial score (nSPS) is 16.9. The maximum atomic E-state index is 12.4. The number of likely N-dealkylation sites (tertiary alicyclic amines) is 1. The van der Waals surface area contributed by atoms with Crippen LogP contribution in [0.2, 0.25) is 5.15 Å². The van der Waals surface area contributed by atoms with Gasteiger partial charge in [0.1, 0.15) is 5.15 Å². The van der Waals surface area contributed by atoms with Crippen LogP contribution in [-0.2, 0) is 6.54 Å². The minimum Gasteiger partial charge on any atom is -0.298 e. The Morgan fingerprint density at radius 2 is 2.00 bits per heavy atom. The number of benzene rings is 1. The third-order valence-electron chi connectivity index (χ3n) is 5.20. The van der Waals surface area contributed by atoms with Crippen LogP contribution in [0.25, 0.3) is 0 Å². The Morgan fingerprint density at radius 1 is 1.21 bits per heavy atom. The van der Waals surface area contributed by atoms with Crippen molar-refractivity contribution in [1.82, 2.24) is 14.9 Å². The van der Waals surface area contributed by atoms with Crippen LogP contribution in [0.3, 0.4) is 0 Å². The van der Waals surface area contributed by atoms with Gasteiger partial charge in [0.05, 0.1) is 11.7 Å². The molecule has 29 heavy (non-hydrogen) atoms. The molecule has 1 atom stereocenters. The van der Waals surface area contributed by atoms with Crippen LogP contribution in [-0.4, -0.2) is 27.3 Å². The van der Waals surface area contributed by atoms with Crippen molar-refractivity contribution >= 4 is 34.0 Å². The summed E-state index contributed by atoms with van der Waals surface area (Å²) >= 11 is 7.80. The van der Waals surface area contributed by atoms with Gasteiger partial charge in [-0.05, 0) is 51.4 Å². The van der Waals surface area contributed by atoms with Crippen molar-refractivity contribution in [3.8, 4) is 0 Å². The number of hydrogen-bond donors (Lipinski definition) is 1. The lowest BCUT2D eigenvalue weighted by atomic mass is 10.1. The molecule has 3 aromatic rings. The molecule has 150 valence electrons. The number of nitrogens with one attached hydrogen (secondary N) is 1. The van der Waals surface area contributed by atoms with Gasteiger partial charge in [0.25, 0.3) is 5.91 Å². The predicted octanol–water partition coefficient (Wildman–Crippen LogP) is 5.40. The van der Waals surface area contributed by atoms with Gasteiger partial charge in [0.15, 0.2) is 5.13 Å². The molecule has 1 aliphatic rings. The summed E-state index contributed by atoms with van der Waals surface area (Å²) < 4.78 is 0. The molecule has 0 unspecified atom stereocenters. The molecular formula is C22H23ClN4OS. The van der Waals surface area contributed by atoms with Gasteiger partial charge in [-0.1, -0.05) is 35.4 Å². The number of aryl methyl sites for hydroxylation is 2. The van der Waals surface area contributed by atoms with Gasteiger partial charge in [-0.3, -0.25) is 15.0 Å². The first-order valence-electron chi connectivity index (χ1n) is 9.69. The van der Waals surface area contributed by atoms with Crippen LogP contribution >= 0.6 is 22.9 Å². The fraction of sp³-hybridized carbons (Fsp3) is 0.318. The molecule has 0 radical (unpaired) electrons. The molecule has 1 saturated heterocycles. The Kier molecular flexibility index (Phi) is 5.94. The quantitative estimate of drug-likeness (QED) is 0.555. The molecule has 1 amide bonds. The number of amides is 1. The molecule has 5 nitrogen and oxygen atoms in total. The number of pyridine rings is 1. The first-order chi connectivity index (χ1) is 14.0. The maximum absolute atomic E-state index is 12.4. The van der Waals surface area contributed by atoms with Crippen LogP contribution in [0.1, 0.15) is 51.8 Å². The van der Waals surface area contributed by atoms with E-state index in [2.05, 4.69) is 15.2 Å². The monoisotopic (exact) mass is 426 g/mol. The van der Waals surface area contributed by atoms with Crippen LogP contribution in [0.4, 0.5) is 5.13 Å². The van der Waals surface area contributed by atoms with Crippen LogP contribution in [0.15, 0.2) is 41.8 Å². The van der Waals surface area contributed by atoms with Crippen molar-refractivity contribution < 1.29 is 4.79 Å². The number of carbonyl (C=O) groups excluding carboxylic acids is 1. The average Bonchev–Trinajstić information content (AvgIpc) is 3.33. The highest BCUT2D eigenvalue weighted by molar-refractivity contribution is 7.14. The number of anilines is 1. The summed E-state index contributed by atoms with van der Waals surface area (Å²) in [6.07, 6.45) is 2.16. The van der Waals surface area contributed by atoms with E-state index in [0.717, 1.165) is 48.4 Å². The van der Waals surface area contributed by atoms with Crippen molar-refractivity contribution in [2.75, 3.05) is 11.9 Å². The first kappa shape index (κ1) is 20.0. The Balaban J connectivity index is 1.45. The van der Waals surface area contributed by atoms with E-state index in [-0.39, 0.29) is 11.9 Å². The topological polar surface area (TPSA) is 58.1 Å². The second kappa shape index (κ2) is 8.61. The second-order valence-electron chi connectivity index (χ2n) is 7.43. The maximum Gasteiger partial charge on any atom is 0.257 e. The number of carbonyl (C=O) groups is 1. The largest absolute Gasteiger partial charge is 0.298 e. The van der Waals surface area contributed by atoms with Gasteiger partial charge in [-0.25, -0.2) is 9.97 Å². The van der Waals surface area contributed by atoms with Crippen LogP contribution < -0.4 is 5.32 Å². The van der Waals surface area contributed by atoms with Gasteiger partial charge in [-0.2, -0.15) is 0 Å². The van der Waals surface area contributed by atoms with Crippen molar-refractivity contribution in [1.29, 1.82) is 0 Å². The first-order valence-corrected chi connectivity index (χ1v) is 10.9. The standard InChI is InChI=1S/C22H23ClN4OS/c1-14-5-8-16(9-6-14)21(28)26-22-25-18(13-29-22)19-4-3-11-27(19)12-17-10-7-15(2)24-20(17)23/h5-10,13,19H,3-4,11-12H2,1-2H3,(H,25,26,28)/t19-/m1/s1. The smallest absolute Gasteiger partial charge is 0.257 e. The molecule has 7 heteroatoms. The Morgan fingerprint density at radius 3 is 2.76 bits per heavy atom. The summed E-state index contributed by atoms with van der Waals surface area (Å²) in [7, 11) is 0. The molecule has 4 rings (SSSR count). The highest BCUT2D eigenvalue weighted by Gasteiger charge is 2.28. The molecule has 1 aromatic carbocycles. The van der Waals surface area contributed by atoms with Gasteiger partial charge in [0.2, 0.25) is 0 Å². The van der Waals surface area contributed by atoms with Crippen molar-refractivity contribution in [3.63, 3.8) is 0 Å². The van der Waals surface area contributed by atoms with Gasteiger partial charge in [0, 0.05) is 28.7 Å². The van der Waals surface area contributed by atoms with Crippen LogP contribution in [0, 0.1) is 13.8 Å². The highest BCUT2D eigenvalue weighted by Crippen LogP contribution is 2.35. The van der Waals surface area contributed by atoms with E-state index < -0.39 is 0 Å². The molecule has 0 bridgehead atoms. The predicted molar refractivity (Wildman–Crippen MR) is 118 cm³/mol. The van der Waals surface area contributed by atoms with E-state index >= 15 is 0 Å². The minimum atomic E-state index is -0.133. The fourth-order valence-corrected chi connectivity index (χ4v) is 4.62. The summed E-state index contributed by atoms with van der Waals surface area (Å²) in [4.78, 5) is 23.9. The Hall–Kier alpha value is -2.28. The SMILES string of the molecule is Cc1ccc(C(=O)Nc2nc([C@H]3CCCN3Cc3ccc(C)nc3Cl)cs2)cc1. The van der Waals surface area contributed by atoms with E-state index in [0.29, 0.717) is 15.8 Å². The fourth-order valence-electron chi connectivity index (χ4n) is 3.61. The zero-order valence-corrected chi connectivity index (χ0v) is 18.1. The van der Waals surface area contributed by atoms with Crippen molar-refractivity contribution in [2.45, 2.75) is 39.3 Å². The van der Waals surface area contributed by atoms with E-state index in [1.807, 2.05) is 55.6 Å². The van der Waals surface area contributed by atoms with E-state index in [9.17, 15) is 4.79 Å². The summed E-state index contributed by atoms with van der Waals surface area (Å²) in [5, 5.41) is 6.17. The minimum absolute atomic E-state index is 0.133. The molecule has 0 saturated carbocycles. The van der Waals surface area contributed by atoms with Crippen molar-refractivity contribution in [2.24, 2.45) is 0 Å². The van der Waals surface area contributed by atoms with Gasteiger partial charge >= 0.3 is 0 Å². The van der Waals surface area contributed by atoms with Gasteiger partial charge in [-0.15, -0.1) is 11.3 Å². The molecule has 1 aliphatic heterocycles. The molecule has 1 fully saturated rings.